The molecule has 0 unspecified atom stereocenters. The molecular formula is C21H22N6O4. The SMILES string of the molecule is COc1cccc(C(=O)Nc2ncc(C(=O)Nc3cnccc3N3CCNCC3)o2)c1. The maximum absolute atomic E-state index is 12.7. The Morgan fingerprint density at radius 3 is 2.77 bits per heavy atom. The average Bonchev–Trinajstić information content (AvgIpc) is 3.28. The van der Waals surface area contributed by atoms with Crippen molar-refractivity contribution >= 4 is 29.2 Å². The molecule has 3 heterocycles. The predicted molar refractivity (Wildman–Crippen MR) is 115 cm³/mol. The van der Waals surface area contributed by atoms with E-state index in [1.165, 1.54) is 13.3 Å². The number of hydrogen-bond acceptors (Lipinski definition) is 8. The van der Waals surface area contributed by atoms with Crippen molar-refractivity contribution in [2.45, 2.75) is 0 Å². The summed E-state index contributed by atoms with van der Waals surface area (Å²) in [5.41, 5.74) is 1.84. The molecule has 0 atom stereocenters. The number of nitrogens with one attached hydrogen (secondary N) is 3. The van der Waals surface area contributed by atoms with Crippen LogP contribution in [0.25, 0.3) is 0 Å². The number of amides is 2. The van der Waals surface area contributed by atoms with Gasteiger partial charge in [-0.3, -0.25) is 19.9 Å². The molecule has 1 saturated heterocycles. The largest absolute Gasteiger partial charge is 0.497 e. The lowest BCUT2D eigenvalue weighted by Crippen LogP contribution is -2.43. The molecule has 2 aromatic heterocycles. The number of ether oxygens (including phenoxy) is 1. The number of carbonyl (C=O) groups excluding carboxylic acids is 2. The van der Waals surface area contributed by atoms with E-state index >= 15 is 0 Å². The Labute approximate surface area is 178 Å². The first-order chi connectivity index (χ1) is 15.1. The summed E-state index contributed by atoms with van der Waals surface area (Å²) in [6, 6.07) is 8.44. The van der Waals surface area contributed by atoms with E-state index in [9.17, 15) is 9.59 Å². The molecule has 31 heavy (non-hydrogen) atoms. The third-order valence-corrected chi connectivity index (χ3v) is 4.79. The molecule has 4 rings (SSSR count). The quantitative estimate of drug-likeness (QED) is 0.551. The zero-order valence-electron chi connectivity index (χ0n) is 16.9. The van der Waals surface area contributed by atoms with Gasteiger partial charge in [-0.15, -0.1) is 0 Å². The second-order valence-electron chi connectivity index (χ2n) is 6.80. The van der Waals surface area contributed by atoms with E-state index < -0.39 is 11.8 Å². The number of piperazine rings is 1. The third-order valence-electron chi connectivity index (χ3n) is 4.79. The second-order valence-corrected chi connectivity index (χ2v) is 6.80. The summed E-state index contributed by atoms with van der Waals surface area (Å²) in [7, 11) is 1.52. The summed E-state index contributed by atoms with van der Waals surface area (Å²) in [5.74, 6) is -0.396. The molecule has 3 aromatic rings. The summed E-state index contributed by atoms with van der Waals surface area (Å²) < 4.78 is 10.5. The first-order valence-electron chi connectivity index (χ1n) is 9.76. The molecular weight excluding hydrogens is 400 g/mol. The number of methoxy groups -OCH3 is 1. The minimum absolute atomic E-state index is 0.0314. The van der Waals surface area contributed by atoms with Crippen LogP contribution in [0.2, 0.25) is 0 Å². The Kier molecular flexibility index (Phi) is 6.08. The van der Waals surface area contributed by atoms with Gasteiger partial charge in [-0.2, -0.15) is 0 Å². The summed E-state index contributed by atoms with van der Waals surface area (Å²) in [6.45, 7) is 3.40. The lowest BCUT2D eigenvalue weighted by Gasteiger charge is -2.30. The molecule has 3 N–H and O–H groups in total. The average molecular weight is 422 g/mol. The Balaban J connectivity index is 1.43. The van der Waals surface area contributed by atoms with Crippen molar-refractivity contribution in [1.29, 1.82) is 0 Å². The van der Waals surface area contributed by atoms with Crippen molar-refractivity contribution in [2.75, 3.05) is 48.8 Å². The standard InChI is InChI=1S/C21H22N6O4/c1-30-15-4-2-3-14(11-15)19(28)26-21-24-13-18(31-21)20(29)25-16-12-23-6-5-17(16)27-9-7-22-8-10-27/h2-6,11-13,22H,7-10H2,1H3,(H,25,29)(H,24,26,28). The van der Waals surface area contributed by atoms with Gasteiger partial charge in [0.25, 0.3) is 11.8 Å². The first-order valence-corrected chi connectivity index (χ1v) is 9.76. The van der Waals surface area contributed by atoms with Crippen molar-refractivity contribution in [3.8, 4) is 5.75 Å². The van der Waals surface area contributed by atoms with Gasteiger partial charge in [0.2, 0.25) is 5.76 Å². The predicted octanol–water partition coefficient (Wildman–Crippen LogP) is 1.99. The van der Waals surface area contributed by atoms with E-state index in [2.05, 4.69) is 30.8 Å². The summed E-state index contributed by atoms with van der Waals surface area (Å²) in [4.78, 5) is 35.3. The highest BCUT2D eigenvalue weighted by Gasteiger charge is 2.19. The van der Waals surface area contributed by atoms with Crippen LogP contribution in [-0.2, 0) is 0 Å². The van der Waals surface area contributed by atoms with Crippen LogP contribution in [0.15, 0.2) is 53.3 Å². The normalized spacial score (nSPS) is 13.5. The molecule has 160 valence electrons. The van der Waals surface area contributed by atoms with Crippen molar-refractivity contribution in [1.82, 2.24) is 15.3 Å². The van der Waals surface area contributed by atoms with E-state index in [1.54, 1.807) is 36.7 Å². The van der Waals surface area contributed by atoms with Crippen molar-refractivity contribution in [2.24, 2.45) is 0 Å². The van der Waals surface area contributed by atoms with Crippen LogP contribution in [0.1, 0.15) is 20.9 Å². The van der Waals surface area contributed by atoms with E-state index in [4.69, 9.17) is 9.15 Å². The van der Waals surface area contributed by atoms with Crippen LogP contribution in [0, 0.1) is 0 Å². The Bertz CT molecular complexity index is 1080. The van der Waals surface area contributed by atoms with E-state index in [0.29, 0.717) is 17.0 Å². The fourth-order valence-electron chi connectivity index (χ4n) is 3.22. The number of rotatable bonds is 6. The number of nitrogens with zero attached hydrogens (tertiary/aromatic N) is 3. The minimum Gasteiger partial charge on any atom is -0.497 e. The highest BCUT2D eigenvalue weighted by Crippen LogP contribution is 2.25. The van der Waals surface area contributed by atoms with Gasteiger partial charge in [0, 0.05) is 37.9 Å². The topological polar surface area (TPSA) is 122 Å². The van der Waals surface area contributed by atoms with Gasteiger partial charge in [0.05, 0.1) is 30.9 Å². The molecule has 1 fully saturated rings. The summed E-state index contributed by atoms with van der Waals surface area (Å²) in [6.07, 6.45) is 4.54. The van der Waals surface area contributed by atoms with Gasteiger partial charge in [-0.05, 0) is 24.3 Å². The highest BCUT2D eigenvalue weighted by molar-refractivity contribution is 6.05. The van der Waals surface area contributed by atoms with Crippen LogP contribution in [0.5, 0.6) is 5.75 Å². The zero-order valence-corrected chi connectivity index (χ0v) is 16.9. The van der Waals surface area contributed by atoms with Gasteiger partial charge in [0.1, 0.15) is 5.75 Å². The smallest absolute Gasteiger partial charge is 0.302 e. The van der Waals surface area contributed by atoms with Gasteiger partial charge in [0.15, 0.2) is 0 Å². The second kappa shape index (κ2) is 9.26. The Morgan fingerprint density at radius 1 is 1.13 bits per heavy atom. The van der Waals surface area contributed by atoms with Crippen molar-refractivity contribution < 1.29 is 18.7 Å². The van der Waals surface area contributed by atoms with E-state index in [-0.39, 0.29) is 11.8 Å². The molecule has 10 nitrogen and oxygen atoms in total. The molecule has 10 heteroatoms. The lowest BCUT2D eigenvalue weighted by molar-refractivity contribution is 0.0988. The van der Waals surface area contributed by atoms with Crippen LogP contribution >= 0.6 is 0 Å². The van der Waals surface area contributed by atoms with Crippen molar-refractivity contribution in [3.05, 3.63) is 60.2 Å². The fourth-order valence-corrected chi connectivity index (χ4v) is 3.22. The molecule has 0 saturated carbocycles. The number of hydrogen-bond donors (Lipinski definition) is 3. The van der Waals surface area contributed by atoms with Crippen LogP contribution in [-0.4, -0.2) is 55.1 Å². The van der Waals surface area contributed by atoms with E-state index in [0.717, 1.165) is 31.9 Å². The van der Waals surface area contributed by atoms with Crippen LogP contribution in [0.4, 0.5) is 17.4 Å². The molecule has 2 amide bonds. The maximum Gasteiger partial charge on any atom is 0.302 e. The van der Waals surface area contributed by atoms with Crippen molar-refractivity contribution in [3.63, 3.8) is 0 Å². The molecule has 1 aliphatic rings. The van der Waals surface area contributed by atoms with Crippen LogP contribution in [0.3, 0.4) is 0 Å². The lowest BCUT2D eigenvalue weighted by atomic mass is 10.2. The van der Waals surface area contributed by atoms with Gasteiger partial charge in [-0.1, -0.05) is 6.07 Å². The number of carbonyl (C=O) groups is 2. The number of benzene rings is 1. The number of pyridine rings is 1. The third kappa shape index (κ3) is 4.81. The minimum atomic E-state index is -0.487. The monoisotopic (exact) mass is 422 g/mol. The van der Waals surface area contributed by atoms with Gasteiger partial charge in [-0.25, -0.2) is 4.98 Å². The zero-order chi connectivity index (χ0) is 21.6. The highest BCUT2D eigenvalue weighted by atomic mass is 16.5. The first kappa shape index (κ1) is 20.4. The molecule has 0 spiro atoms. The number of anilines is 3. The van der Waals surface area contributed by atoms with Crippen LogP contribution < -0.4 is 25.6 Å². The van der Waals surface area contributed by atoms with E-state index in [1.807, 2.05) is 6.07 Å². The molecule has 0 radical (unpaired) electrons. The Morgan fingerprint density at radius 2 is 1.97 bits per heavy atom. The Hall–Kier alpha value is -3.92. The summed E-state index contributed by atoms with van der Waals surface area (Å²) in [5, 5.41) is 8.64. The number of oxazole rings is 1. The number of aromatic nitrogens is 2. The van der Waals surface area contributed by atoms with Gasteiger partial charge >= 0.3 is 6.01 Å². The summed E-state index contributed by atoms with van der Waals surface area (Å²) >= 11 is 0. The maximum atomic E-state index is 12.7. The molecule has 0 aliphatic carbocycles. The molecule has 0 bridgehead atoms. The molecule has 1 aliphatic heterocycles. The molecule has 1 aromatic carbocycles. The fraction of sp³-hybridized carbons (Fsp3) is 0.238. The van der Waals surface area contributed by atoms with Gasteiger partial charge < -0.3 is 24.7 Å².